The molecule has 2 aliphatic rings. The second-order valence-electron chi connectivity index (χ2n) is 9.38. The number of rotatable bonds is 4. The van der Waals surface area contributed by atoms with E-state index in [0.29, 0.717) is 44.8 Å². The lowest BCUT2D eigenvalue weighted by molar-refractivity contribution is -0.384. The van der Waals surface area contributed by atoms with Gasteiger partial charge in [0.15, 0.2) is 0 Å². The molecule has 174 valence electrons. The van der Waals surface area contributed by atoms with E-state index in [-0.39, 0.29) is 17.7 Å². The van der Waals surface area contributed by atoms with Crippen molar-refractivity contribution in [3.8, 4) is 0 Å². The maximum absolute atomic E-state index is 13.0. The molecular weight excluding hydrogens is 424 g/mol. The van der Waals surface area contributed by atoms with E-state index in [4.69, 9.17) is 4.74 Å². The summed E-state index contributed by atoms with van der Waals surface area (Å²) in [6.07, 6.45) is -0.298. The summed E-state index contributed by atoms with van der Waals surface area (Å²) in [5.74, 6) is -0.0439. The Bertz CT molecular complexity index is 1070. The van der Waals surface area contributed by atoms with Gasteiger partial charge in [0, 0.05) is 62.7 Å². The molecule has 2 aromatic rings. The summed E-state index contributed by atoms with van der Waals surface area (Å²) < 4.78 is 5.46. The number of non-ortho nitro benzene ring substituents is 1. The van der Waals surface area contributed by atoms with Crippen molar-refractivity contribution >= 4 is 23.4 Å². The lowest BCUT2D eigenvalue weighted by atomic mass is 10.1. The number of carbonyl (C=O) groups is 2. The van der Waals surface area contributed by atoms with Crippen LogP contribution in [0, 0.1) is 10.1 Å². The van der Waals surface area contributed by atoms with E-state index < -0.39 is 10.5 Å². The van der Waals surface area contributed by atoms with Crippen molar-refractivity contribution in [2.24, 2.45) is 0 Å². The molecule has 2 heterocycles. The van der Waals surface area contributed by atoms with Crippen LogP contribution < -0.4 is 4.90 Å². The first-order chi connectivity index (χ1) is 15.6. The number of nitrogens with zero attached hydrogens (tertiary/aromatic N) is 4. The summed E-state index contributed by atoms with van der Waals surface area (Å²) in [4.78, 5) is 41.3. The van der Waals surface area contributed by atoms with Gasteiger partial charge in [-0.05, 0) is 44.0 Å². The average molecular weight is 453 g/mol. The summed E-state index contributed by atoms with van der Waals surface area (Å²) in [6.45, 7) is 8.93. The highest BCUT2D eigenvalue weighted by Crippen LogP contribution is 2.29. The van der Waals surface area contributed by atoms with Crippen LogP contribution in [0.3, 0.4) is 0 Å². The van der Waals surface area contributed by atoms with Crippen LogP contribution in [-0.2, 0) is 17.8 Å². The van der Waals surface area contributed by atoms with Gasteiger partial charge in [-0.2, -0.15) is 0 Å². The quantitative estimate of drug-likeness (QED) is 0.517. The number of nitro benzene ring substituents is 1. The predicted molar refractivity (Wildman–Crippen MR) is 123 cm³/mol. The highest BCUT2D eigenvalue weighted by molar-refractivity contribution is 5.99. The Balaban J connectivity index is 1.38. The maximum Gasteiger partial charge on any atom is 0.410 e. The van der Waals surface area contributed by atoms with Gasteiger partial charge in [-0.1, -0.05) is 18.2 Å². The predicted octanol–water partition coefficient (Wildman–Crippen LogP) is 3.81. The van der Waals surface area contributed by atoms with Crippen molar-refractivity contribution < 1.29 is 19.2 Å². The van der Waals surface area contributed by atoms with Crippen LogP contribution in [0.5, 0.6) is 0 Å². The lowest BCUT2D eigenvalue weighted by Gasteiger charge is -2.36. The summed E-state index contributed by atoms with van der Waals surface area (Å²) in [5.41, 5.74) is 2.98. The highest BCUT2D eigenvalue weighted by atomic mass is 16.6. The van der Waals surface area contributed by atoms with Crippen molar-refractivity contribution in [1.82, 2.24) is 9.80 Å². The van der Waals surface area contributed by atoms with Gasteiger partial charge in [0.2, 0.25) is 0 Å². The number of hydrogen-bond acceptors (Lipinski definition) is 6. The van der Waals surface area contributed by atoms with Crippen LogP contribution in [0.25, 0.3) is 0 Å². The number of fused-ring (bicyclic) bond motifs is 1. The molecule has 9 heteroatoms. The van der Waals surface area contributed by atoms with Gasteiger partial charge in [0.1, 0.15) is 5.60 Å². The summed E-state index contributed by atoms with van der Waals surface area (Å²) in [6, 6.07) is 12.2. The summed E-state index contributed by atoms with van der Waals surface area (Å²) in [5, 5.41) is 10.8. The number of carbonyl (C=O) groups excluding carboxylic acids is 2. The molecule has 2 aromatic carbocycles. The third kappa shape index (κ3) is 5.08. The lowest BCUT2D eigenvalue weighted by Crippen LogP contribution is -2.50. The highest BCUT2D eigenvalue weighted by Gasteiger charge is 2.30. The molecule has 9 nitrogen and oxygen atoms in total. The zero-order chi connectivity index (χ0) is 23.8. The van der Waals surface area contributed by atoms with E-state index >= 15 is 0 Å². The van der Waals surface area contributed by atoms with E-state index in [1.807, 2.05) is 39.0 Å². The topological polar surface area (TPSA) is 96.2 Å². The summed E-state index contributed by atoms with van der Waals surface area (Å²) >= 11 is 0. The number of amides is 2. The van der Waals surface area contributed by atoms with Crippen LogP contribution in [0.4, 0.5) is 16.2 Å². The molecule has 1 fully saturated rings. The van der Waals surface area contributed by atoms with Gasteiger partial charge >= 0.3 is 6.09 Å². The molecule has 0 N–H and O–H groups in total. The van der Waals surface area contributed by atoms with Crippen LogP contribution in [0.15, 0.2) is 42.5 Å². The number of ether oxygens (including phenoxy) is 1. The first kappa shape index (κ1) is 22.6. The fraction of sp³-hybridized carbons (Fsp3) is 0.417. The Hall–Kier alpha value is -3.62. The minimum absolute atomic E-state index is 0.0335. The second kappa shape index (κ2) is 8.73. The molecule has 0 bridgehead atoms. The smallest absolute Gasteiger partial charge is 0.410 e. The van der Waals surface area contributed by atoms with Crippen molar-refractivity contribution in [2.75, 3.05) is 31.1 Å². The van der Waals surface area contributed by atoms with Crippen molar-refractivity contribution in [2.45, 2.75) is 39.5 Å². The van der Waals surface area contributed by atoms with E-state index in [0.717, 1.165) is 16.8 Å². The number of nitro groups is 1. The van der Waals surface area contributed by atoms with Crippen LogP contribution in [-0.4, -0.2) is 58.5 Å². The van der Waals surface area contributed by atoms with Crippen LogP contribution in [0.2, 0.25) is 0 Å². The van der Waals surface area contributed by atoms with E-state index in [1.165, 1.54) is 12.1 Å². The SMILES string of the molecule is CC(C)(C)OC(=O)N1CCN(c2ccc3c(c2)C(=O)N(Cc2ccc([N+](=O)[O-])cc2)C3)CC1. The zero-order valence-electron chi connectivity index (χ0n) is 19.1. The largest absolute Gasteiger partial charge is 0.444 e. The van der Waals surface area contributed by atoms with Crippen molar-refractivity contribution in [3.63, 3.8) is 0 Å². The van der Waals surface area contributed by atoms with Gasteiger partial charge < -0.3 is 19.4 Å². The van der Waals surface area contributed by atoms with Crippen LogP contribution in [0.1, 0.15) is 42.3 Å². The third-order valence-electron chi connectivity index (χ3n) is 5.79. The zero-order valence-corrected chi connectivity index (χ0v) is 19.1. The molecule has 0 radical (unpaired) electrons. The molecule has 4 rings (SSSR count). The van der Waals surface area contributed by atoms with Crippen LogP contribution >= 0.6 is 0 Å². The fourth-order valence-corrected chi connectivity index (χ4v) is 4.09. The monoisotopic (exact) mass is 452 g/mol. The molecule has 0 spiro atoms. The molecule has 1 saturated heterocycles. The maximum atomic E-state index is 13.0. The molecule has 0 atom stereocenters. The Morgan fingerprint density at radius 1 is 1.06 bits per heavy atom. The van der Waals surface area contributed by atoms with Crippen molar-refractivity contribution in [1.29, 1.82) is 0 Å². The molecule has 0 saturated carbocycles. The Labute approximate surface area is 192 Å². The van der Waals surface area contributed by atoms with Gasteiger partial charge in [0.25, 0.3) is 11.6 Å². The average Bonchev–Trinajstić information content (AvgIpc) is 3.08. The standard InChI is InChI=1S/C24H28N4O5/c1-24(2,3)33-23(30)26-12-10-25(11-13-26)20-9-6-18-16-27(22(29)21(18)14-20)15-17-4-7-19(8-5-17)28(31)32/h4-9,14H,10-13,15-16H2,1-3H3. The number of hydrogen-bond donors (Lipinski definition) is 0. The third-order valence-corrected chi connectivity index (χ3v) is 5.79. The second-order valence-corrected chi connectivity index (χ2v) is 9.38. The normalized spacial score (nSPS) is 16.1. The van der Waals surface area contributed by atoms with Gasteiger partial charge in [0.05, 0.1) is 4.92 Å². The van der Waals surface area contributed by atoms with E-state index in [9.17, 15) is 19.7 Å². The first-order valence-electron chi connectivity index (χ1n) is 11.0. The number of anilines is 1. The molecule has 0 aromatic heterocycles. The number of benzene rings is 2. The van der Waals surface area contributed by atoms with E-state index in [1.54, 1.807) is 21.9 Å². The molecule has 2 amide bonds. The minimum Gasteiger partial charge on any atom is -0.444 e. The molecule has 0 aliphatic carbocycles. The molecule has 2 aliphatic heterocycles. The van der Waals surface area contributed by atoms with Crippen molar-refractivity contribution in [3.05, 3.63) is 69.3 Å². The molecular formula is C24H28N4O5. The van der Waals surface area contributed by atoms with Gasteiger partial charge in [-0.3, -0.25) is 14.9 Å². The van der Waals surface area contributed by atoms with Gasteiger partial charge in [-0.15, -0.1) is 0 Å². The molecule has 33 heavy (non-hydrogen) atoms. The Morgan fingerprint density at radius 2 is 1.73 bits per heavy atom. The fourth-order valence-electron chi connectivity index (χ4n) is 4.09. The number of piperazine rings is 1. The summed E-state index contributed by atoms with van der Waals surface area (Å²) in [7, 11) is 0. The first-order valence-corrected chi connectivity index (χ1v) is 11.0. The van der Waals surface area contributed by atoms with E-state index in [2.05, 4.69) is 4.90 Å². The van der Waals surface area contributed by atoms with Gasteiger partial charge in [-0.25, -0.2) is 4.79 Å². The Kier molecular flexibility index (Phi) is 5.97. The molecule has 0 unspecified atom stereocenters. The Morgan fingerprint density at radius 3 is 2.33 bits per heavy atom. The minimum atomic E-state index is -0.519.